The van der Waals surface area contributed by atoms with Crippen molar-refractivity contribution in [3.8, 4) is 0 Å². The Labute approximate surface area is 138 Å². The van der Waals surface area contributed by atoms with Crippen LogP contribution in [0.3, 0.4) is 0 Å². The zero-order valence-electron chi connectivity index (χ0n) is 11.6. The third kappa shape index (κ3) is 3.52. The summed E-state index contributed by atoms with van der Waals surface area (Å²) < 4.78 is 33.3. The van der Waals surface area contributed by atoms with Gasteiger partial charge in [0.1, 0.15) is 0 Å². The van der Waals surface area contributed by atoms with E-state index in [0.717, 1.165) is 12.1 Å². The highest BCUT2D eigenvalue weighted by atomic mass is 127. The van der Waals surface area contributed by atoms with Gasteiger partial charge in [0, 0.05) is 27.8 Å². The Balaban J connectivity index is 2.40. The molecule has 7 heteroatoms. The molecule has 0 radical (unpaired) electrons. The van der Waals surface area contributed by atoms with Crippen LogP contribution >= 0.6 is 22.6 Å². The van der Waals surface area contributed by atoms with Gasteiger partial charge in [0.15, 0.2) is 11.6 Å². The predicted molar refractivity (Wildman–Crippen MR) is 86.6 cm³/mol. The molecule has 0 aliphatic rings. The molecule has 1 aromatic carbocycles. The van der Waals surface area contributed by atoms with Crippen molar-refractivity contribution < 1.29 is 18.3 Å². The molecule has 0 spiro atoms. The zero-order valence-corrected chi connectivity index (χ0v) is 13.8. The molecule has 2 aromatic rings. The van der Waals surface area contributed by atoms with E-state index in [4.69, 9.17) is 4.74 Å². The first-order valence-electron chi connectivity index (χ1n) is 6.45. The minimum Gasteiger partial charge on any atom is -0.463 e. The Bertz CT molecular complexity index is 815. The molecular weight excluding hydrogens is 407 g/mol. The SMILES string of the molecule is CCOC(=O)/C=C/Cn1cc(I)c2cc(F)c(F)cc2c1=O. The summed E-state index contributed by atoms with van der Waals surface area (Å²) in [5.74, 6) is -2.57. The normalized spacial score (nSPS) is 11.3. The molecule has 0 aliphatic heterocycles. The first-order chi connectivity index (χ1) is 10.4. The third-order valence-electron chi connectivity index (χ3n) is 2.92. The average molecular weight is 419 g/mol. The lowest BCUT2D eigenvalue weighted by atomic mass is 10.1. The highest BCUT2D eigenvalue weighted by molar-refractivity contribution is 14.1. The van der Waals surface area contributed by atoms with E-state index in [0.29, 0.717) is 8.96 Å². The Morgan fingerprint density at radius 1 is 1.32 bits per heavy atom. The quantitative estimate of drug-likeness (QED) is 0.435. The summed E-state index contributed by atoms with van der Waals surface area (Å²) in [7, 11) is 0. The Hall–Kier alpha value is -1.77. The van der Waals surface area contributed by atoms with E-state index in [-0.39, 0.29) is 18.5 Å². The van der Waals surface area contributed by atoms with E-state index in [1.807, 2.05) is 22.6 Å². The smallest absolute Gasteiger partial charge is 0.330 e. The lowest BCUT2D eigenvalue weighted by Crippen LogP contribution is -2.20. The standard InChI is InChI=1S/C15H12F2INO3/c1-2-22-14(20)4-3-5-19-8-13(18)9-6-11(16)12(17)7-10(9)15(19)21/h3-4,6-8H,2,5H2,1H3/b4-3+. The van der Waals surface area contributed by atoms with Crippen LogP contribution in [0.2, 0.25) is 0 Å². The van der Waals surface area contributed by atoms with Crippen LogP contribution in [0.15, 0.2) is 35.3 Å². The molecule has 0 N–H and O–H groups in total. The van der Waals surface area contributed by atoms with Crippen molar-refractivity contribution in [2.75, 3.05) is 6.61 Å². The number of ether oxygens (including phenoxy) is 1. The van der Waals surface area contributed by atoms with Crippen molar-refractivity contribution >= 4 is 39.3 Å². The Kier molecular flexibility index (Phi) is 5.28. The van der Waals surface area contributed by atoms with E-state index in [2.05, 4.69) is 0 Å². The van der Waals surface area contributed by atoms with Crippen molar-refractivity contribution in [3.63, 3.8) is 0 Å². The van der Waals surface area contributed by atoms with Crippen molar-refractivity contribution in [1.29, 1.82) is 0 Å². The van der Waals surface area contributed by atoms with Crippen LogP contribution < -0.4 is 5.56 Å². The fourth-order valence-corrected chi connectivity index (χ4v) is 2.71. The van der Waals surface area contributed by atoms with E-state index in [1.54, 1.807) is 6.92 Å². The summed E-state index contributed by atoms with van der Waals surface area (Å²) in [5.41, 5.74) is -0.456. The summed E-state index contributed by atoms with van der Waals surface area (Å²) >= 11 is 1.94. The topological polar surface area (TPSA) is 48.3 Å². The van der Waals surface area contributed by atoms with Gasteiger partial charge in [0.2, 0.25) is 0 Å². The molecule has 0 aliphatic carbocycles. The first-order valence-corrected chi connectivity index (χ1v) is 7.53. The maximum atomic E-state index is 13.3. The molecule has 4 nitrogen and oxygen atoms in total. The summed E-state index contributed by atoms with van der Waals surface area (Å²) in [5, 5.41) is 0.449. The number of aromatic nitrogens is 1. The number of carbonyl (C=O) groups excluding carboxylic acids is 1. The van der Waals surface area contributed by atoms with Crippen molar-refractivity contribution in [3.05, 3.63) is 56.0 Å². The van der Waals surface area contributed by atoms with Gasteiger partial charge in [-0.25, -0.2) is 13.6 Å². The molecule has 116 valence electrons. The van der Waals surface area contributed by atoms with Crippen LogP contribution in [-0.4, -0.2) is 17.1 Å². The van der Waals surface area contributed by atoms with Crippen molar-refractivity contribution in [2.45, 2.75) is 13.5 Å². The molecule has 1 heterocycles. The number of hydrogen-bond acceptors (Lipinski definition) is 3. The molecule has 0 atom stereocenters. The lowest BCUT2D eigenvalue weighted by Gasteiger charge is -2.07. The predicted octanol–water partition coefficient (Wildman–Crippen LogP) is 3.00. The minimum atomic E-state index is -1.07. The molecule has 0 amide bonds. The Morgan fingerprint density at radius 3 is 2.59 bits per heavy atom. The number of rotatable bonds is 4. The van der Waals surface area contributed by atoms with Crippen LogP contribution in [0.5, 0.6) is 0 Å². The van der Waals surface area contributed by atoms with Gasteiger partial charge in [0.25, 0.3) is 5.56 Å². The van der Waals surface area contributed by atoms with Gasteiger partial charge >= 0.3 is 5.97 Å². The van der Waals surface area contributed by atoms with Gasteiger partial charge < -0.3 is 9.30 Å². The van der Waals surface area contributed by atoms with E-state index in [1.165, 1.54) is 22.9 Å². The maximum absolute atomic E-state index is 13.3. The van der Waals surface area contributed by atoms with Gasteiger partial charge in [-0.1, -0.05) is 6.08 Å². The fraction of sp³-hybridized carbons (Fsp3) is 0.200. The molecular formula is C15H12F2INO3. The second-order valence-electron chi connectivity index (χ2n) is 4.40. The second-order valence-corrected chi connectivity index (χ2v) is 5.56. The summed E-state index contributed by atoms with van der Waals surface area (Å²) in [6, 6.07) is 1.90. The summed E-state index contributed by atoms with van der Waals surface area (Å²) in [6.45, 7) is 2.08. The number of pyridine rings is 1. The Morgan fingerprint density at radius 2 is 1.95 bits per heavy atom. The summed E-state index contributed by atoms with van der Waals surface area (Å²) in [4.78, 5) is 23.5. The van der Waals surface area contributed by atoms with Gasteiger partial charge in [-0.3, -0.25) is 4.79 Å². The van der Waals surface area contributed by atoms with Crippen molar-refractivity contribution in [2.24, 2.45) is 0 Å². The van der Waals surface area contributed by atoms with E-state index < -0.39 is 23.2 Å². The highest BCUT2D eigenvalue weighted by Gasteiger charge is 2.11. The lowest BCUT2D eigenvalue weighted by molar-refractivity contribution is -0.137. The van der Waals surface area contributed by atoms with Crippen LogP contribution in [0.1, 0.15) is 6.92 Å². The van der Waals surface area contributed by atoms with Gasteiger partial charge in [-0.2, -0.15) is 0 Å². The molecule has 1 aromatic heterocycles. The average Bonchev–Trinajstić information content (AvgIpc) is 2.46. The van der Waals surface area contributed by atoms with Crippen LogP contribution in [0, 0.1) is 15.2 Å². The van der Waals surface area contributed by atoms with E-state index >= 15 is 0 Å². The molecule has 2 rings (SSSR count). The van der Waals surface area contributed by atoms with Gasteiger partial charge in [0.05, 0.1) is 12.0 Å². The number of carbonyl (C=O) groups is 1. The minimum absolute atomic E-state index is 0.0929. The molecule has 0 saturated carbocycles. The molecule has 22 heavy (non-hydrogen) atoms. The fourth-order valence-electron chi connectivity index (χ4n) is 1.93. The third-order valence-corrected chi connectivity index (χ3v) is 3.78. The van der Waals surface area contributed by atoms with Crippen LogP contribution in [0.25, 0.3) is 10.8 Å². The molecule has 0 saturated heterocycles. The number of nitrogens with zero attached hydrogens (tertiary/aromatic N) is 1. The van der Waals surface area contributed by atoms with Crippen LogP contribution in [0.4, 0.5) is 8.78 Å². The van der Waals surface area contributed by atoms with Gasteiger partial charge in [-0.05, 0) is 41.6 Å². The molecule has 0 fully saturated rings. The maximum Gasteiger partial charge on any atom is 0.330 e. The van der Waals surface area contributed by atoms with Gasteiger partial charge in [-0.15, -0.1) is 0 Å². The highest BCUT2D eigenvalue weighted by Crippen LogP contribution is 2.20. The molecule has 0 unspecified atom stereocenters. The number of benzene rings is 1. The van der Waals surface area contributed by atoms with Crippen LogP contribution in [-0.2, 0) is 16.1 Å². The largest absolute Gasteiger partial charge is 0.463 e. The number of hydrogen-bond donors (Lipinski definition) is 0. The number of allylic oxidation sites excluding steroid dienone is 1. The van der Waals surface area contributed by atoms with E-state index in [9.17, 15) is 18.4 Å². The monoisotopic (exact) mass is 419 g/mol. The zero-order chi connectivity index (χ0) is 16.3. The molecule has 0 bridgehead atoms. The number of esters is 1. The second kappa shape index (κ2) is 6.99. The first kappa shape index (κ1) is 16.6. The summed E-state index contributed by atoms with van der Waals surface area (Å²) in [6.07, 6.45) is 4.22. The number of halogens is 3. The number of fused-ring (bicyclic) bond motifs is 1. The van der Waals surface area contributed by atoms with Crippen molar-refractivity contribution in [1.82, 2.24) is 4.57 Å².